The number of ketones is 2. The maximum Gasteiger partial charge on any atom is 0.203 e. The minimum Gasteiger partial charge on any atom is -0.493 e. The van der Waals surface area contributed by atoms with Crippen molar-refractivity contribution in [2.75, 3.05) is 21.3 Å². The molecule has 0 atom stereocenters. The highest BCUT2D eigenvalue weighted by atomic mass is 16.5. The molecule has 26 heavy (non-hydrogen) atoms. The first kappa shape index (κ1) is 17.7. The second-order valence-electron chi connectivity index (χ2n) is 6.02. The van der Waals surface area contributed by atoms with E-state index >= 15 is 0 Å². The zero-order valence-electron chi connectivity index (χ0n) is 15.2. The van der Waals surface area contributed by atoms with Crippen LogP contribution in [0.5, 0.6) is 17.2 Å². The van der Waals surface area contributed by atoms with E-state index in [2.05, 4.69) is 0 Å². The highest BCUT2D eigenvalue weighted by Gasteiger charge is 2.31. The number of methoxy groups -OCH3 is 3. The number of allylic oxidation sites excluding steroid dienone is 2. The SMILES string of the molecule is COc1cc2c(c(OC)c1OC)CC=C(C(=O)c1ccc(C)cc1)C2=O. The van der Waals surface area contributed by atoms with Crippen molar-refractivity contribution >= 4 is 11.6 Å². The molecule has 0 unspecified atom stereocenters. The first-order valence-corrected chi connectivity index (χ1v) is 8.19. The second kappa shape index (κ2) is 7.04. The van der Waals surface area contributed by atoms with Gasteiger partial charge in [0.15, 0.2) is 23.1 Å². The van der Waals surface area contributed by atoms with Crippen LogP contribution < -0.4 is 14.2 Å². The van der Waals surface area contributed by atoms with Gasteiger partial charge in [0.1, 0.15) is 0 Å². The molecule has 0 bridgehead atoms. The van der Waals surface area contributed by atoms with Crippen LogP contribution >= 0.6 is 0 Å². The van der Waals surface area contributed by atoms with Gasteiger partial charge in [-0.1, -0.05) is 35.9 Å². The Hall–Kier alpha value is -3.08. The lowest BCUT2D eigenvalue weighted by atomic mass is 9.85. The van der Waals surface area contributed by atoms with Crippen LogP contribution in [0.15, 0.2) is 42.0 Å². The summed E-state index contributed by atoms with van der Waals surface area (Å²) in [5.41, 5.74) is 2.80. The zero-order chi connectivity index (χ0) is 18.8. The van der Waals surface area contributed by atoms with E-state index in [0.29, 0.717) is 40.4 Å². The Kier molecular flexibility index (Phi) is 4.80. The molecule has 0 heterocycles. The molecule has 2 aromatic carbocycles. The molecule has 3 rings (SSSR count). The molecular weight excluding hydrogens is 332 g/mol. The third-order valence-corrected chi connectivity index (χ3v) is 4.49. The normalized spacial score (nSPS) is 12.9. The molecule has 0 saturated heterocycles. The standard InChI is InChI=1S/C21H20O5/c1-12-5-7-13(8-6-12)18(22)15-10-9-14-16(19(15)23)11-17(24-2)21(26-4)20(14)25-3/h5-8,10-11H,9H2,1-4H3. The lowest BCUT2D eigenvalue weighted by Gasteiger charge is -2.21. The van der Waals surface area contributed by atoms with E-state index in [1.807, 2.05) is 19.1 Å². The van der Waals surface area contributed by atoms with Crippen molar-refractivity contribution < 1.29 is 23.8 Å². The summed E-state index contributed by atoms with van der Waals surface area (Å²) in [6.45, 7) is 1.95. The van der Waals surface area contributed by atoms with Gasteiger partial charge >= 0.3 is 0 Å². The molecular formula is C21H20O5. The van der Waals surface area contributed by atoms with Gasteiger partial charge < -0.3 is 14.2 Å². The highest BCUT2D eigenvalue weighted by molar-refractivity contribution is 6.32. The average Bonchev–Trinajstić information content (AvgIpc) is 2.66. The summed E-state index contributed by atoms with van der Waals surface area (Å²) >= 11 is 0. The molecule has 1 aliphatic rings. The van der Waals surface area contributed by atoms with Crippen LogP contribution in [0.1, 0.15) is 31.8 Å². The number of hydrogen-bond acceptors (Lipinski definition) is 5. The molecule has 0 saturated carbocycles. The predicted octanol–water partition coefficient (Wildman–Crippen LogP) is 3.57. The van der Waals surface area contributed by atoms with Crippen molar-refractivity contribution in [3.05, 3.63) is 64.2 Å². The van der Waals surface area contributed by atoms with Gasteiger partial charge in [-0.2, -0.15) is 0 Å². The maximum absolute atomic E-state index is 13.0. The third-order valence-electron chi connectivity index (χ3n) is 4.49. The van der Waals surface area contributed by atoms with E-state index in [-0.39, 0.29) is 17.1 Å². The second-order valence-corrected chi connectivity index (χ2v) is 6.02. The molecule has 2 aromatic rings. The van der Waals surface area contributed by atoms with E-state index in [1.165, 1.54) is 21.3 Å². The fraction of sp³-hybridized carbons (Fsp3) is 0.238. The smallest absolute Gasteiger partial charge is 0.203 e. The summed E-state index contributed by atoms with van der Waals surface area (Å²) in [6.07, 6.45) is 2.05. The first-order valence-electron chi connectivity index (χ1n) is 8.19. The molecule has 1 aliphatic carbocycles. The molecule has 0 spiro atoms. The average molecular weight is 352 g/mol. The van der Waals surface area contributed by atoms with Gasteiger partial charge in [-0.05, 0) is 19.4 Å². The van der Waals surface area contributed by atoms with Gasteiger partial charge in [-0.15, -0.1) is 0 Å². The van der Waals surface area contributed by atoms with Crippen molar-refractivity contribution in [2.45, 2.75) is 13.3 Å². The van der Waals surface area contributed by atoms with E-state index in [1.54, 1.807) is 24.3 Å². The molecule has 0 aromatic heterocycles. The number of Topliss-reactive ketones (excluding diaryl/α,β-unsaturated/α-hetero) is 2. The molecule has 134 valence electrons. The van der Waals surface area contributed by atoms with Crippen molar-refractivity contribution in [1.82, 2.24) is 0 Å². The summed E-state index contributed by atoms with van der Waals surface area (Å²) in [5.74, 6) is 0.655. The number of ether oxygens (including phenoxy) is 3. The van der Waals surface area contributed by atoms with E-state index in [4.69, 9.17) is 14.2 Å². The van der Waals surface area contributed by atoms with Crippen LogP contribution in [-0.4, -0.2) is 32.9 Å². The lowest BCUT2D eigenvalue weighted by Crippen LogP contribution is -2.20. The largest absolute Gasteiger partial charge is 0.493 e. The number of benzene rings is 2. The summed E-state index contributed by atoms with van der Waals surface area (Å²) in [5, 5.41) is 0. The number of aryl methyl sites for hydroxylation is 1. The minimum absolute atomic E-state index is 0.163. The molecule has 0 N–H and O–H groups in total. The fourth-order valence-electron chi connectivity index (χ4n) is 3.12. The third kappa shape index (κ3) is 2.86. The summed E-state index contributed by atoms with van der Waals surface area (Å²) in [6, 6.07) is 8.78. The number of fused-ring (bicyclic) bond motifs is 1. The Morgan fingerprint density at radius 1 is 0.962 bits per heavy atom. The van der Waals surface area contributed by atoms with Crippen LogP contribution in [0.3, 0.4) is 0 Å². The quantitative estimate of drug-likeness (QED) is 0.608. The predicted molar refractivity (Wildman–Crippen MR) is 97.7 cm³/mol. The first-order chi connectivity index (χ1) is 12.5. The molecule has 5 nitrogen and oxygen atoms in total. The molecule has 0 radical (unpaired) electrons. The Labute approximate surface area is 152 Å². The van der Waals surface area contributed by atoms with Crippen molar-refractivity contribution in [1.29, 1.82) is 0 Å². The highest BCUT2D eigenvalue weighted by Crippen LogP contribution is 2.44. The minimum atomic E-state index is -0.337. The van der Waals surface area contributed by atoms with Crippen LogP contribution in [0.25, 0.3) is 0 Å². The maximum atomic E-state index is 13.0. The Morgan fingerprint density at radius 3 is 2.19 bits per heavy atom. The summed E-state index contributed by atoms with van der Waals surface area (Å²) < 4.78 is 16.1. The molecule has 5 heteroatoms. The van der Waals surface area contributed by atoms with Crippen LogP contribution in [0, 0.1) is 6.92 Å². The van der Waals surface area contributed by atoms with Crippen molar-refractivity contribution in [3.63, 3.8) is 0 Å². The molecule has 0 amide bonds. The number of rotatable bonds is 5. The monoisotopic (exact) mass is 352 g/mol. The van der Waals surface area contributed by atoms with Crippen molar-refractivity contribution in [3.8, 4) is 17.2 Å². The number of carbonyl (C=O) groups excluding carboxylic acids is 2. The fourth-order valence-corrected chi connectivity index (χ4v) is 3.12. The Bertz CT molecular complexity index is 907. The summed E-state index contributed by atoms with van der Waals surface area (Å²) in [7, 11) is 4.52. The topological polar surface area (TPSA) is 61.8 Å². The van der Waals surface area contributed by atoms with Gasteiger partial charge in [0.2, 0.25) is 5.75 Å². The van der Waals surface area contributed by atoms with Crippen LogP contribution in [-0.2, 0) is 6.42 Å². The number of carbonyl (C=O) groups is 2. The number of hydrogen-bond donors (Lipinski definition) is 0. The Balaban J connectivity index is 2.06. The van der Waals surface area contributed by atoms with Gasteiger partial charge in [0, 0.05) is 16.7 Å². The van der Waals surface area contributed by atoms with E-state index in [9.17, 15) is 9.59 Å². The lowest BCUT2D eigenvalue weighted by molar-refractivity contribution is 0.0959. The van der Waals surface area contributed by atoms with Crippen molar-refractivity contribution in [2.24, 2.45) is 0 Å². The van der Waals surface area contributed by atoms with E-state index in [0.717, 1.165) is 5.56 Å². The van der Waals surface area contributed by atoms with E-state index < -0.39 is 0 Å². The zero-order valence-corrected chi connectivity index (χ0v) is 15.2. The van der Waals surface area contributed by atoms with Gasteiger partial charge in [0.05, 0.1) is 26.9 Å². The molecule has 0 aliphatic heterocycles. The Morgan fingerprint density at radius 2 is 1.62 bits per heavy atom. The molecule has 0 fully saturated rings. The van der Waals surface area contributed by atoms with Gasteiger partial charge in [-0.3, -0.25) is 9.59 Å². The van der Waals surface area contributed by atoms with Crippen LogP contribution in [0.4, 0.5) is 0 Å². The van der Waals surface area contributed by atoms with Crippen LogP contribution in [0.2, 0.25) is 0 Å². The summed E-state index contributed by atoms with van der Waals surface area (Å²) in [4.78, 5) is 25.8. The van der Waals surface area contributed by atoms with Gasteiger partial charge in [-0.25, -0.2) is 0 Å². The van der Waals surface area contributed by atoms with Gasteiger partial charge in [0.25, 0.3) is 0 Å².